The number of carbonyl (C=O) groups is 1. The molecule has 0 saturated carbocycles. The van der Waals surface area contributed by atoms with Gasteiger partial charge in [-0.1, -0.05) is 42.5 Å². The molecular weight excluding hydrogens is 358 g/mol. The molecule has 0 atom stereocenters. The molecule has 1 amide bonds. The maximum atomic E-state index is 12.7. The average Bonchev–Trinajstić information content (AvgIpc) is 3.18. The van der Waals surface area contributed by atoms with Gasteiger partial charge in [0.2, 0.25) is 0 Å². The van der Waals surface area contributed by atoms with E-state index < -0.39 is 0 Å². The molecule has 0 aliphatic carbocycles. The van der Waals surface area contributed by atoms with Crippen molar-refractivity contribution in [2.24, 2.45) is 0 Å². The number of hydrogen-bond donors (Lipinski definition) is 1. The van der Waals surface area contributed by atoms with Crippen molar-refractivity contribution in [3.8, 4) is 5.75 Å². The second-order valence-electron chi connectivity index (χ2n) is 6.15. The van der Waals surface area contributed by atoms with Crippen molar-refractivity contribution in [1.82, 2.24) is 8.75 Å². The van der Waals surface area contributed by atoms with Crippen LogP contribution in [-0.4, -0.2) is 14.7 Å². The van der Waals surface area contributed by atoms with E-state index in [1.807, 2.05) is 61.5 Å². The van der Waals surface area contributed by atoms with Crippen molar-refractivity contribution in [2.75, 3.05) is 5.32 Å². The van der Waals surface area contributed by atoms with Crippen molar-refractivity contribution < 1.29 is 9.53 Å². The third kappa shape index (κ3) is 3.80. The maximum absolute atomic E-state index is 12.7. The van der Waals surface area contributed by atoms with Crippen molar-refractivity contribution in [3.05, 3.63) is 83.4 Å². The fraction of sp³-hybridized carbons (Fsp3) is 0.0952. The Bertz CT molecular complexity index is 1090. The number of ether oxygens (including phenoxy) is 1. The van der Waals surface area contributed by atoms with Crippen molar-refractivity contribution >= 4 is 34.4 Å². The molecule has 0 radical (unpaired) electrons. The summed E-state index contributed by atoms with van der Waals surface area (Å²) in [5.41, 5.74) is 4.73. The van der Waals surface area contributed by atoms with Crippen LogP contribution in [0, 0.1) is 6.92 Å². The molecule has 0 saturated heterocycles. The number of nitrogens with zero attached hydrogens (tertiary/aromatic N) is 2. The summed E-state index contributed by atoms with van der Waals surface area (Å²) in [7, 11) is 0. The summed E-state index contributed by atoms with van der Waals surface area (Å²) >= 11 is 1.13. The van der Waals surface area contributed by atoms with E-state index in [9.17, 15) is 4.79 Å². The predicted molar refractivity (Wildman–Crippen MR) is 107 cm³/mol. The number of amides is 1. The Morgan fingerprint density at radius 3 is 2.74 bits per heavy atom. The third-order valence-electron chi connectivity index (χ3n) is 4.22. The smallest absolute Gasteiger partial charge is 0.255 e. The summed E-state index contributed by atoms with van der Waals surface area (Å²) < 4.78 is 14.3. The highest BCUT2D eigenvalue weighted by Gasteiger charge is 2.13. The minimum Gasteiger partial charge on any atom is -0.489 e. The maximum Gasteiger partial charge on any atom is 0.255 e. The van der Waals surface area contributed by atoms with Gasteiger partial charge in [0.25, 0.3) is 5.91 Å². The van der Waals surface area contributed by atoms with Crippen LogP contribution in [0.5, 0.6) is 5.75 Å². The molecule has 0 bridgehead atoms. The van der Waals surface area contributed by atoms with E-state index in [1.165, 1.54) is 0 Å². The number of nitrogens with one attached hydrogen (secondary N) is 1. The molecule has 1 N–H and O–H groups in total. The zero-order valence-corrected chi connectivity index (χ0v) is 15.5. The highest BCUT2D eigenvalue weighted by Crippen LogP contribution is 2.26. The largest absolute Gasteiger partial charge is 0.489 e. The first-order chi connectivity index (χ1) is 13.2. The molecule has 5 nitrogen and oxygen atoms in total. The lowest BCUT2D eigenvalue weighted by Gasteiger charge is -2.10. The van der Waals surface area contributed by atoms with Gasteiger partial charge in [-0.05, 0) is 42.3 Å². The van der Waals surface area contributed by atoms with E-state index in [0.29, 0.717) is 29.1 Å². The Labute approximate surface area is 161 Å². The molecule has 134 valence electrons. The van der Waals surface area contributed by atoms with Crippen LogP contribution in [0.25, 0.3) is 11.0 Å². The molecule has 0 spiro atoms. The Kier molecular flexibility index (Phi) is 4.80. The van der Waals surface area contributed by atoms with E-state index in [2.05, 4.69) is 14.1 Å². The summed E-state index contributed by atoms with van der Waals surface area (Å²) in [5.74, 6) is 0.445. The summed E-state index contributed by atoms with van der Waals surface area (Å²) in [6.07, 6.45) is 0. The van der Waals surface area contributed by atoms with E-state index in [-0.39, 0.29) is 5.91 Å². The Hall–Kier alpha value is -3.25. The van der Waals surface area contributed by atoms with Gasteiger partial charge in [-0.15, -0.1) is 0 Å². The molecule has 4 rings (SSSR count). The number of anilines is 1. The molecular formula is C21H17N3O2S. The molecule has 6 heteroatoms. The number of carbonyl (C=O) groups excluding carboxylic acids is 1. The van der Waals surface area contributed by atoms with Crippen LogP contribution < -0.4 is 10.1 Å². The highest BCUT2D eigenvalue weighted by atomic mass is 32.1. The molecule has 0 aliphatic rings. The lowest BCUT2D eigenvalue weighted by molar-refractivity contribution is 0.102. The van der Waals surface area contributed by atoms with Crippen molar-refractivity contribution in [1.29, 1.82) is 0 Å². The molecule has 3 aromatic carbocycles. The average molecular weight is 375 g/mol. The van der Waals surface area contributed by atoms with Crippen molar-refractivity contribution in [2.45, 2.75) is 13.5 Å². The Morgan fingerprint density at radius 1 is 1.04 bits per heavy atom. The molecule has 1 aromatic heterocycles. The second-order valence-corrected chi connectivity index (χ2v) is 6.67. The Morgan fingerprint density at radius 2 is 1.89 bits per heavy atom. The number of aromatic nitrogens is 2. The van der Waals surface area contributed by atoms with Gasteiger partial charge >= 0.3 is 0 Å². The molecule has 0 fully saturated rings. The first-order valence-electron chi connectivity index (χ1n) is 8.51. The van der Waals surface area contributed by atoms with Crippen LogP contribution in [-0.2, 0) is 6.61 Å². The highest BCUT2D eigenvalue weighted by molar-refractivity contribution is 7.00. The lowest BCUT2D eigenvalue weighted by atomic mass is 10.1. The fourth-order valence-corrected chi connectivity index (χ4v) is 3.31. The van der Waals surface area contributed by atoms with Crippen LogP contribution in [0.3, 0.4) is 0 Å². The van der Waals surface area contributed by atoms with E-state index in [1.54, 1.807) is 12.1 Å². The topological polar surface area (TPSA) is 64.1 Å². The Balaban J connectivity index is 1.52. The van der Waals surface area contributed by atoms with Gasteiger partial charge in [-0.25, -0.2) is 0 Å². The number of fused-ring (bicyclic) bond motifs is 1. The van der Waals surface area contributed by atoms with Crippen molar-refractivity contribution in [3.63, 3.8) is 0 Å². The molecule has 27 heavy (non-hydrogen) atoms. The summed E-state index contributed by atoms with van der Waals surface area (Å²) in [5, 5.41) is 2.97. The summed E-state index contributed by atoms with van der Waals surface area (Å²) in [6.45, 7) is 2.39. The van der Waals surface area contributed by atoms with Gasteiger partial charge in [-0.3, -0.25) is 4.79 Å². The number of aryl methyl sites for hydroxylation is 1. The van der Waals surface area contributed by atoms with E-state index >= 15 is 0 Å². The molecule has 0 unspecified atom stereocenters. The number of benzene rings is 3. The zero-order valence-electron chi connectivity index (χ0n) is 14.7. The fourth-order valence-electron chi connectivity index (χ4n) is 2.76. The van der Waals surface area contributed by atoms with Crippen LogP contribution in [0.4, 0.5) is 5.69 Å². The monoisotopic (exact) mass is 375 g/mol. The van der Waals surface area contributed by atoms with Crippen LogP contribution in [0.1, 0.15) is 21.5 Å². The van der Waals surface area contributed by atoms with Gasteiger partial charge in [0.05, 0.1) is 17.4 Å². The lowest BCUT2D eigenvalue weighted by Crippen LogP contribution is -2.13. The van der Waals surface area contributed by atoms with E-state index in [4.69, 9.17) is 4.74 Å². The molecule has 1 heterocycles. The van der Waals surface area contributed by atoms with Crippen LogP contribution in [0.2, 0.25) is 0 Å². The van der Waals surface area contributed by atoms with Crippen LogP contribution in [0.15, 0.2) is 66.7 Å². The first kappa shape index (κ1) is 17.2. The van der Waals surface area contributed by atoms with Crippen LogP contribution >= 0.6 is 11.7 Å². The normalized spacial score (nSPS) is 10.7. The minimum absolute atomic E-state index is 0.205. The summed E-state index contributed by atoms with van der Waals surface area (Å²) in [4.78, 5) is 12.7. The predicted octanol–water partition coefficient (Wildman–Crippen LogP) is 4.83. The van der Waals surface area contributed by atoms with Gasteiger partial charge in [0.15, 0.2) is 0 Å². The standard InChI is InChI=1S/C21H17N3O2S/c1-14-10-11-18-20(24-27-23-18)19(14)22-21(25)16-8-5-9-17(12-16)26-13-15-6-3-2-4-7-15/h2-12H,13H2,1H3,(H,22,25). The van der Waals surface area contributed by atoms with Gasteiger partial charge < -0.3 is 10.1 Å². The number of hydrogen-bond acceptors (Lipinski definition) is 5. The van der Waals surface area contributed by atoms with E-state index in [0.717, 1.165) is 28.4 Å². The molecule has 4 aromatic rings. The third-order valence-corrected chi connectivity index (χ3v) is 4.76. The van der Waals surface area contributed by atoms with Gasteiger partial charge in [0, 0.05) is 5.56 Å². The second kappa shape index (κ2) is 7.55. The molecule has 0 aliphatic heterocycles. The van der Waals surface area contributed by atoms with Gasteiger partial charge in [0.1, 0.15) is 23.4 Å². The minimum atomic E-state index is -0.205. The first-order valence-corrected chi connectivity index (χ1v) is 9.24. The SMILES string of the molecule is Cc1ccc2nsnc2c1NC(=O)c1cccc(OCc2ccccc2)c1. The number of rotatable bonds is 5. The van der Waals surface area contributed by atoms with Gasteiger partial charge in [-0.2, -0.15) is 8.75 Å². The summed E-state index contributed by atoms with van der Waals surface area (Å²) in [6, 6.07) is 20.9. The quantitative estimate of drug-likeness (QED) is 0.543. The zero-order chi connectivity index (χ0) is 18.6.